The van der Waals surface area contributed by atoms with E-state index in [2.05, 4.69) is 6.92 Å². The Balaban J connectivity index is 0. The second kappa shape index (κ2) is 8.82. The van der Waals surface area contributed by atoms with Gasteiger partial charge < -0.3 is 12.7 Å². The van der Waals surface area contributed by atoms with Gasteiger partial charge in [-0.05, 0) is 6.54 Å². The molecule has 0 aromatic carbocycles. The molecule has 35 valence electrons. The molecule has 0 rings (SSSR count). The molecule has 0 unspecified atom stereocenters. The SMILES string of the molecule is [CH2-]CCN.[Co]. The molecule has 0 spiro atoms. The van der Waals surface area contributed by atoms with Crippen LogP contribution < -0.4 is 5.73 Å². The van der Waals surface area contributed by atoms with Crippen molar-refractivity contribution in [2.45, 2.75) is 6.42 Å². The molecule has 0 aromatic heterocycles. The third-order valence-corrected chi connectivity index (χ3v) is 0.204. The van der Waals surface area contributed by atoms with Crippen molar-refractivity contribution in [3.63, 3.8) is 0 Å². The van der Waals surface area contributed by atoms with Gasteiger partial charge in [-0.3, -0.25) is 0 Å². The normalized spacial score (nSPS) is 6.00. The third kappa shape index (κ3) is 12.6. The van der Waals surface area contributed by atoms with E-state index in [9.17, 15) is 0 Å². The fourth-order valence-corrected chi connectivity index (χ4v) is 0. The van der Waals surface area contributed by atoms with Crippen molar-refractivity contribution in [3.8, 4) is 0 Å². The molecule has 0 fully saturated rings. The number of hydrogen-bond donors (Lipinski definition) is 1. The van der Waals surface area contributed by atoms with E-state index in [0.717, 1.165) is 6.42 Å². The smallest absolute Gasteiger partial charge is 0 e. The van der Waals surface area contributed by atoms with Gasteiger partial charge in [0.15, 0.2) is 0 Å². The van der Waals surface area contributed by atoms with Crippen LogP contribution in [0.25, 0.3) is 0 Å². The van der Waals surface area contributed by atoms with Crippen LogP contribution in [-0.2, 0) is 16.8 Å². The Morgan fingerprint density at radius 2 is 1.80 bits per heavy atom. The Bertz CT molecular complexity index is 8.85. The minimum absolute atomic E-state index is 0. The summed E-state index contributed by atoms with van der Waals surface area (Å²) in [5.41, 5.74) is 4.97. The molecule has 0 saturated heterocycles. The Morgan fingerprint density at radius 3 is 1.80 bits per heavy atom. The summed E-state index contributed by atoms with van der Waals surface area (Å²) in [5.74, 6) is 0. The maximum Gasteiger partial charge on any atom is 0 e. The second-order valence-electron chi connectivity index (χ2n) is 0.642. The van der Waals surface area contributed by atoms with Crippen LogP contribution in [0, 0.1) is 6.92 Å². The molecule has 0 saturated carbocycles. The summed E-state index contributed by atoms with van der Waals surface area (Å²) in [7, 11) is 0. The first-order chi connectivity index (χ1) is 1.91. The molecule has 0 aliphatic carbocycles. The molecule has 0 heterocycles. The fourth-order valence-electron chi connectivity index (χ4n) is 0. The fraction of sp³-hybridized carbons (Fsp3) is 0.667. The molecule has 0 aliphatic heterocycles. The first-order valence-electron chi connectivity index (χ1n) is 1.41. The van der Waals surface area contributed by atoms with Crippen LogP contribution in [0.4, 0.5) is 0 Å². The predicted octanol–water partition coefficient (Wildman–Crippen LogP) is 0.167. The van der Waals surface area contributed by atoms with Crippen LogP contribution in [0.5, 0.6) is 0 Å². The quantitative estimate of drug-likeness (QED) is 0.486. The molecule has 2 heteroatoms. The first-order valence-corrected chi connectivity index (χ1v) is 1.41. The molecule has 0 bridgehead atoms. The van der Waals surface area contributed by atoms with Crippen LogP contribution in [0.1, 0.15) is 6.42 Å². The van der Waals surface area contributed by atoms with E-state index in [1.165, 1.54) is 0 Å². The van der Waals surface area contributed by atoms with E-state index in [4.69, 9.17) is 5.73 Å². The van der Waals surface area contributed by atoms with Gasteiger partial charge in [0.2, 0.25) is 0 Å². The number of rotatable bonds is 1. The number of nitrogens with two attached hydrogens (primary N) is 1. The molecular formula is C3H8CoN-. The standard InChI is InChI=1S/C3H8N.Co/c1-2-3-4;/h1-4H2;/q-1;. The molecule has 0 amide bonds. The second-order valence-corrected chi connectivity index (χ2v) is 0.642. The van der Waals surface area contributed by atoms with E-state index in [0.29, 0.717) is 6.54 Å². The van der Waals surface area contributed by atoms with Gasteiger partial charge in [0, 0.05) is 16.8 Å². The van der Waals surface area contributed by atoms with E-state index in [1.807, 2.05) is 0 Å². The Morgan fingerprint density at radius 1 is 1.60 bits per heavy atom. The zero-order valence-corrected chi connectivity index (χ0v) is 4.07. The minimum Gasteiger partial charge on any atom is -0.342 e. The number of hydrogen-bond acceptors (Lipinski definition) is 1. The maximum absolute atomic E-state index is 4.97. The predicted molar refractivity (Wildman–Crippen MR) is 19.0 cm³/mol. The third-order valence-electron chi connectivity index (χ3n) is 0.204. The summed E-state index contributed by atoms with van der Waals surface area (Å²) in [6.45, 7) is 4.19. The molecule has 0 aromatic rings. The Labute approximate surface area is 43.1 Å². The molecule has 5 heavy (non-hydrogen) atoms. The topological polar surface area (TPSA) is 26.0 Å². The van der Waals surface area contributed by atoms with Crippen LogP contribution in [-0.4, -0.2) is 6.54 Å². The van der Waals surface area contributed by atoms with Gasteiger partial charge in [0.1, 0.15) is 0 Å². The first kappa shape index (κ1) is 9.08. The summed E-state index contributed by atoms with van der Waals surface area (Å²) in [5, 5.41) is 0. The van der Waals surface area contributed by atoms with Gasteiger partial charge >= 0.3 is 0 Å². The van der Waals surface area contributed by atoms with Crippen LogP contribution in [0.3, 0.4) is 0 Å². The van der Waals surface area contributed by atoms with E-state index in [1.54, 1.807) is 0 Å². The molecule has 0 atom stereocenters. The molecule has 1 nitrogen and oxygen atoms in total. The average Bonchev–Trinajstić information content (AvgIpc) is 1.37. The molecule has 0 aliphatic rings. The van der Waals surface area contributed by atoms with Gasteiger partial charge in [-0.1, -0.05) is 0 Å². The van der Waals surface area contributed by atoms with Crippen molar-refractivity contribution in [3.05, 3.63) is 6.92 Å². The zero-order chi connectivity index (χ0) is 3.41. The van der Waals surface area contributed by atoms with E-state index < -0.39 is 0 Å². The minimum atomic E-state index is 0. The van der Waals surface area contributed by atoms with Crippen molar-refractivity contribution in [1.29, 1.82) is 0 Å². The molecule has 2 N–H and O–H groups in total. The summed E-state index contributed by atoms with van der Waals surface area (Å²) < 4.78 is 0. The largest absolute Gasteiger partial charge is 0.342 e. The van der Waals surface area contributed by atoms with Crippen molar-refractivity contribution in [2.24, 2.45) is 5.73 Å². The molecule has 1 radical (unpaired) electrons. The van der Waals surface area contributed by atoms with Crippen molar-refractivity contribution < 1.29 is 16.8 Å². The summed E-state index contributed by atoms with van der Waals surface area (Å²) in [4.78, 5) is 0. The van der Waals surface area contributed by atoms with Crippen molar-refractivity contribution >= 4 is 0 Å². The van der Waals surface area contributed by atoms with Gasteiger partial charge in [-0.25, -0.2) is 0 Å². The Hall–Kier alpha value is 0.466. The van der Waals surface area contributed by atoms with Crippen LogP contribution in [0.2, 0.25) is 0 Å². The zero-order valence-electron chi connectivity index (χ0n) is 3.03. The summed E-state index contributed by atoms with van der Waals surface area (Å²) >= 11 is 0. The van der Waals surface area contributed by atoms with E-state index in [-0.39, 0.29) is 16.8 Å². The molecular weight excluding hydrogens is 109 g/mol. The van der Waals surface area contributed by atoms with Crippen molar-refractivity contribution in [2.75, 3.05) is 6.54 Å². The van der Waals surface area contributed by atoms with Gasteiger partial charge in [-0.2, -0.15) is 6.42 Å². The van der Waals surface area contributed by atoms with Gasteiger partial charge in [0.25, 0.3) is 0 Å². The van der Waals surface area contributed by atoms with E-state index >= 15 is 0 Å². The van der Waals surface area contributed by atoms with Crippen LogP contribution in [0.15, 0.2) is 0 Å². The maximum atomic E-state index is 4.97. The average molecular weight is 117 g/mol. The van der Waals surface area contributed by atoms with Gasteiger partial charge in [-0.15, -0.1) is 0 Å². The summed E-state index contributed by atoms with van der Waals surface area (Å²) in [6, 6.07) is 0. The van der Waals surface area contributed by atoms with Gasteiger partial charge in [0.05, 0.1) is 0 Å². The summed E-state index contributed by atoms with van der Waals surface area (Å²) in [6.07, 6.45) is 0.847. The van der Waals surface area contributed by atoms with Crippen molar-refractivity contribution in [1.82, 2.24) is 0 Å². The van der Waals surface area contributed by atoms with Crippen LogP contribution >= 0.6 is 0 Å². The monoisotopic (exact) mass is 117 g/mol. The Kier molecular flexibility index (Phi) is 16.0.